The minimum Gasteiger partial charge on any atom is -0.488 e. The number of halogens is 4. The zero-order valence-corrected chi connectivity index (χ0v) is 21.4. The van der Waals surface area contributed by atoms with Gasteiger partial charge in [-0.15, -0.1) is 0 Å². The Kier molecular flexibility index (Phi) is 8.76. The van der Waals surface area contributed by atoms with Crippen molar-refractivity contribution in [2.24, 2.45) is 5.92 Å². The second-order valence-corrected chi connectivity index (χ2v) is 9.46. The average molecular weight is 556 g/mol. The number of hydrogen-bond acceptors (Lipinski definition) is 3. The maximum Gasteiger partial charge on any atom is 0.416 e. The Morgan fingerprint density at radius 1 is 1.05 bits per heavy atom. The molecule has 4 rings (SSSR count). The van der Waals surface area contributed by atoms with Crippen molar-refractivity contribution < 1.29 is 32.6 Å². The Hall–Kier alpha value is -4.04. The highest BCUT2D eigenvalue weighted by Crippen LogP contribution is 2.33. The Bertz CT molecular complexity index is 1410. The zero-order valence-electron chi connectivity index (χ0n) is 20.7. The van der Waals surface area contributed by atoms with Gasteiger partial charge in [0.1, 0.15) is 12.4 Å². The SMILES string of the molecule is O=C(O)c1ccc(C2=CCC(CCNC(=O)c3cc(Cl)ccc3OCc3ccccc3C(F)(F)F)C=C2)cc1. The van der Waals surface area contributed by atoms with Crippen molar-refractivity contribution >= 4 is 29.1 Å². The molecule has 1 atom stereocenters. The summed E-state index contributed by atoms with van der Waals surface area (Å²) in [5.74, 6) is -1.08. The topological polar surface area (TPSA) is 75.6 Å². The molecule has 0 radical (unpaired) electrons. The Balaban J connectivity index is 1.33. The van der Waals surface area contributed by atoms with E-state index in [0.717, 1.165) is 23.6 Å². The van der Waals surface area contributed by atoms with Gasteiger partial charge in [0.05, 0.1) is 16.7 Å². The van der Waals surface area contributed by atoms with Crippen molar-refractivity contribution in [2.75, 3.05) is 6.54 Å². The fourth-order valence-electron chi connectivity index (χ4n) is 4.25. The number of benzene rings is 3. The molecule has 0 spiro atoms. The van der Waals surface area contributed by atoms with Crippen LogP contribution >= 0.6 is 11.6 Å². The molecule has 0 fully saturated rings. The van der Waals surface area contributed by atoms with Crippen molar-refractivity contribution in [3.05, 3.63) is 118 Å². The van der Waals surface area contributed by atoms with E-state index in [9.17, 15) is 22.8 Å². The van der Waals surface area contributed by atoms with E-state index in [1.54, 1.807) is 24.3 Å². The number of alkyl halides is 3. The first-order chi connectivity index (χ1) is 18.6. The van der Waals surface area contributed by atoms with Crippen LogP contribution < -0.4 is 10.1 Å². The van der Waals surface area contributed by atoms with E-state index in [-0.39, 0.29) is 35.0 Å². The molecule has 3 aromatic carbocycles. The molecule has 1 aliphatic carbocycles. The quantitative estimate of drug-likeness (QED) is 0.288. The van der Waals surface area contributed by atoms with Crippen LogP contribution in [-0.2, 0) is 12.8 Å². The average Bonchev–Trinajstić information content (AvgIpc) is 2.92. The monoisotopic (exact) mass is 555 g/mol. The number of aromatic carboxylic acids is 1. The van der Waals surface area contributed by atoms with Gasteiger partial charge in [-0.05, 0) is 66.3 Å². The van der Waals surface area contributed by atoms with E-state index in [2.05, 4.69) is 17.5 Å². The van der Waals surface area contributed by atoms with Crippen molar-refractivity contribution in [2.45, 2.75) is 25.6 Å². The highest BCUT2D eigenvalue weighted by Gasteiger charge is 2.33. The Morgan fingerprint density at radius 2 is 1.79 bits per heavy atom. The predicted octanol–water partition coefficient (Wildman–Crippen LogP) is 7.42. The molecule has 0 saturated carbocycles. The highest BCUT2D eigenvalue weighted by atomic mass is 35.5. The summed E-state index contributed by atoms with van der Waals surface area (Å²) in [6.07, 6.45) is 3.01. The van der Waals surface area contributed by atoms with E-state index in [1.165, 1.54) is 36.4 Å². The van der Waals surface area contributed by atoms with Crippen LogP contribution in [-0.4, -0.2) is 23.5 Å². The largest absolute Gasteiger partial charge is 0.488 e. The van der Waals surface area contributed by atoms with Crippen molar-refractivity contribution in [3.8, 4) is 5.75 Å². The normalized spacial score (nSPS) is 15.0. The van der Waals surface area contributed by atoms with Gasteiger partial charge in [0.2, 0.25) is 0 Å². The van der Waals surface area contributed by atoms with Crippen molar-refractivity contribution in [3.63, 3.8) is 0 Å². The van der Waals surface area contributed by atoms with Gasteiger partial charge in [-0.3, -0.25) is 4.79 Å². The molecule has 39 heavy (non-hydrogen) atoms. The van der Waals surface area contributed by atoms with Crippen LogP contribution in [0.25, 0.3) is 5.57 Å². The minimum absolute atomic E-state index is 0.0411. The number of carboxylic acids is 1. The molecular weight excluding hydrogens is 531 g/mol. The summed E-state index contributed by atoms with van der Waals surface area (Å²) in [4.78, 5) is 23.9. The highest BCUT2D eigenvalue weighted by molar-refractivity contribution is 6.31. The summed E-state index contributed by atoms with van der Waals surface area (Å²) < 4.78 is 45.6. The number of nitrogens with one attached hydrogen (secondary N) is 1. The summed E-state index contributed by atoms with van der Waals surface area (Å²) in [5.41, 5.74) is 1.46. The number of hydrogen-bond donors (Lipinski definition) is 2. The van der Waals surface area contributed by atoms with Crippen LogP contribution in [0.1, 0.15) is 50.2 Å². The molecule has 0 aromatic heterocycles. The first kappa shape index (κ1) is 28.0. The third-order valence-corrected chi connectivity index (χ3v) is 6.58. The van der Waals surface area contributed by atoms with E-state index in [0.29, 0.717) is 18.0 Å². The van der Waals surface area contributed by atoms with E-state index >= 15 is 0 Å². The number of ether oxygens (including phenoxy) is 1. The van der Waals surface area contributed by atoms with Crippen LogP contribution in [0.4, 0.5) is 13.2 Å². The summed E-state index contributed by atoms with van der Waals surface area (Å²) in [6.45, 7) is 0.00531. The Morgan fingerprint density at radius 3 is 2.46 bits per heavy atom. The van der Waals surface area contributed by atoms with Crippen LogP contribution in [0.15, 0.2) is 85.0 Å². The number of allylic oxidation sites excluding steroid dienone is 4. The van der Waals surface area contributed by atoms with Gasteiger partial charge in [-0.1, -0.05) is 60.2 Å². The molecular formula is C30H25ClF3NO4. The second kappa shape index (κ2) is 12.2. The predicted molar refractivity (Wildman–Crippen MR) is 143 cm³/mol. The van der Waals surface area contributed by atoms with Gasteiger partial charge in [-0.25, -0.2) is 4.79 Å². The van der Waals surface area contributed by atoms with Gasteiger partial charge < -0.3 is 15.2 Å². The first-order valence-corrected chi connectivity index (χ1v) is 12.6. The molecule has 1 unspecified atom stereocenters. The molecule has 3 aromatic rings. The molecule has 1 aliphatic rings. The van der Waals surface area contributed by atoms with Gasteiger partial charge in [-0.2, -0.15) is 13.2 Å². The lowest BCUT2D eigenvalue weighted by Gasteiger charge is -2.18. The van der Waals surface area contributed by atoms with Crippen LogP contribution in [0, 0.1) is 5.92 Å². The summed E-state index contributed by atoms with van der Waals surface area (Å²) in [6, 6.07) is 16.2. The van der Waals surface area contributed by atoms with E-state index in [4.69, 9.17) is 21.4 Å². The zero-order chi connectivity index (χ0) is 28.0. The third-order valence-electron chi connectivity index (χ3n) is 6.35. The first-order valence-electron chi connectivity index (χ1n) is 12.2. The lowest BCUT2D eigenvalue weighted by molar-refractivity contribution is -0.138. The molecule has 0 saturated heterocycles. The third kappa shape index (κ3) is 7.29. The number of carbonyl (C=O) groups is 2. The summed E-state index contributed by atoms with van der Waals surface area (Å²) in [7, 11) is 0. The van der Waals surface area contributed by atoms with Gasteiger partial charge >= 0.3 is 12.1 Å². The maximum atomic E-state index is 13.3. The molecule has 2 N–H and O–H groups in total. The molecule has 0 heterocycles. The Labute approximate surface area is 228 Å². The van der Waals surface area contributed by atoms with Crippen LogP contribution in [0.2, 0.25) is 5.02 Å². The molecule has 5 nitrogen and oxygen atoms in total. The molecule has 9 heteroatoms. The minimum atomic E-state index is -4.52. The smallest absolute Gasteiger partial charge is 0.416 e. The number of carbonyl (C=O) groups excluding carboxylic acids is 1. The molecule has 0 aliphatic heterocycles. The summed E-state index contributed by atoms with van der Waals surface area (Å²) in [5, 5.41) is 12.2. The fourth-order valence-corrected chi connectivity index (χ4v) is 4.42. The van der Waals surface area contributed by atoms with Gasteiger partial charge in [0.25, 0.3) is 5.91 Å². The molecule has 0 bridgehead atoms. The molecule has 1 amide bonds. The van der Waals surface area contributed by atoms with Gasteiger partial charge in [0.15, 0.2) is 0 Å². The lowest BCUT2D eigenvalue weighted by atomic mass is 9.91. The number of carboxylic acid groups (broad SMARTS) is 1. The van der Waals surface area contributed by atoms with Crippen LogP contribution in [0.5, 0.6) is 5.75 Å². The summed E-state index contributed by atoms with van der Waals surface area (Å²) >= 11 is 6.08. The lowest BCUT2D eigenvalue weighted by Crippen LogP contribution is -2.26. The number of amides is 1. The fraction of sp³-hybridized carbons (Fsp3) is 0.200. The standard InChI is InChI=1S/C30H25ClF3NO4/c31-24-13-14-27(39-18-23-3-1-2-4-26(23)30(32,33)34)25(17-24)28(36)35-16-15-19-5-7-20(8-6-19)21-9-11-22(12-10-21)29(37)38/h1-5,7-14,17,19H,6,15-16,18H2,(H,35,36)(H,37,38). The van der Waals surface area contributed by atoms with Gasteiger partial charge in [0, 0.05) is 17.1 Å². The van der Waals surface area contributed by atoms with E-state index in [1.807, 2.05) is 6.08 Å². The number of rotatable bonds is 9. The van der Waals surface area contributed by atoms with Crippen molar-refractivity contribution in [1.29, 1.82) is 0 Å². The maximum absolute atomic E-state index is 13.3. The van der Waals surface area contributed by atoms with Crippen LogP contribution in [0.3, 0.4) is 0 Å². The van der Waals surface area contributed by atoms with E-state index < -0.39 is 23.6 Å². The molecule has 202 valence electrons. The van der Waals surface area contributed by atoms with Crippen molar-refractivity contribution in [1.82, 2.24) is 5.32 Å². The second-order valence-electron chi connectivity index (χ2n) is 9.03.